The largest absolute Gasteiger partial charge is 0.502 e. The summed E-state index contributed by atoms with van der Waals surface area (Å²) in [6.07, 6.45) is -4.48. The summed E-state index contributed by atoms with van der Waals surface area (Å²) in [5.74, 6) is -0.884. The van der Waals surface area contributed by atoms with Gasteiger partial charge in [-0.05, 0) is 24.3 Å². The van der Waals surface area contributed by atoms with E-state index in [0.29, 0.717) is 10.2 Å². The number of halogens is 3. The first kappa shape index (κ1) is 16.4. The molecule has 0 radical (unpaired) electrons. The SMILES string of the molecule is Nc1nc2ccc3oc(-c4ccc(C(F)(F)F)cc4)c(O)c(=O)c3c2s1. The Bertz CT molecular complexity index is 1210. The lowest BCUT2D eigenvalue weighted by Gasteiger charge is -2.09. The maximum Gasteiger partial charge on any atom is 0.416 e. The molecule has 0 aliphatic heterocycles. The topological polar surface area (TPSA) is 89.3 Å². The molecule has 0 saturated heterocycles. The van der Waals surface area contributed by atoms with Crippen molar-refractivity contribution in [2.24, 2.45) is 0 Å². The predicted molar refractivity (Wildman–Crippen MR) is 92.2 cm³/mol. The summed E-state index contributed by atoms with van der Waals surface area (Å²) < 4.78 is 44.1. The number of rotatable bonds is 1. The standard InChI is InChI=1S/C17H9F3N2O3S/c18-17(19,20)8-3-1-7(2-4-8)14-13(24)12(23)11-10(25-14)6-5-9-15(11)26-16(21)22-9/h1-6,24H,(H2,21,22). The van der Waals surface area contributed by atoms with Crippen LogP contribution in [0.15, 0.2) is 45.6 Å². The van der Waals surface area contributed by atoms with Crippen molar-refractivity contribution in [2.75, 3.05) is 5.73 Å². The number of alkyl halides is 3. The minimum absolute atomic E-state index is 0.130. The van der Waals surface area contributed by atoms with E-state index in [4.69, 9.17) is 10.2 Å². The Morgan fingerprint density at radius 2 is 1.81 bits per heavy atom. The highest BCUT2D eigenvalue weighted by atomic mass is 32.1. The van der Waals surface area contributed by atoms with Crippen molar-refractivity contribution in [3.63, 3.8) is 0 Å². The Labute approximate surface area is 147 Å². The number of nitrogens with zero attached hydrogens (tertiary/aromatic N) is 1. The fraction of sp³-hybridized carbons (Fsp3) is 0.0588. The Morgan fingerprint density at radius 3 is 2.46 bits per heavy atom. The first-order chi connectivity index (χ1) is 12.3. The summed E-state index contributed by atoms with van der Waals surface area (Å²) in [4.78, 5) is 16.7. The van der Waals surface area contributed by atoms with Crippen molar-refractivity contribution in [1.82, 2.24) is 4.98 Å². The number of nitrogen functional groups attached to an aromatic ring is 1. The zero-order valence-corrected chi connectivity index (χ0v) is 13.6. The van der Waals surface area contributed by atoms with Crippen LogP contribution in [0.5, 0.6) is 5.75 Å². The summed E-state index contributed by atoms with van der Waals surface area (Å²) in [7, 11) is 0. The molecule has 2 aromatic heterocycles. The van der Waals surface area contributed by atoms with Crippen LogP contribution in [-0.4, -0.2) is 10.1 Å². The van der Waals surface area contributed by atoms with Gasteiger partial charge in [0.1, 0.15) is 5.58 Å². The first-order valence-corrected chi connectivity index (χ1v) is 8.10. The highest BCUT2D eigenvalue weighted by Gasteiger charge is 2.30. The van der Waals surface area contributed by atoms with Crippen LogP contribution in [0.2, 0.25) is 0 Å². The molecule has 5 nitrogen and oxygen atoms in total. The molecule has 0 atom stereocenters. The lowest BCUT2D eigenvalue weighted by atomic mass is 10.1. The maximum atomic E-state index is 12.7. The van der Waals surface area contributed by atoms with E-state index in [1.807, 2.05) is 0 Å². The molecule has 132 valence electrons. The van der Waals surface area contributed by atoms with E-state index in [9.17, 15) is 23.1 Å². The molecule has 0 bridgehead atoms. The van der Waals surface area contributed by atoms with Crippen molar-refractivity contribution in [1.29, 1.82) is 0 Å². The molecule has 2 aromatic carbocycles. The van der Waals surface area contributed by atoms with Gasteiger partial charge in [-0.1, -0.05) is 23.5 Å². The number of anilines is 1. The van der Waals surface area contributed by atoms with Crippen LogP contribution in [0.3, 0.4) is 0 Å². The van der Waals surface area contributed by atoms with Crippen LogP contribution < -0.4 is 11.2 Å². The smallest absolute Gasteiger partial charge is 0.416 e. The van der Waals surface area contributed by atoms with Gasteiger partial charge in [0, 0.05) is 5.56 Å². The van der Waals surface area contributed by atoms with Gasteiger partial charge in [0.05, 0.1) is 21.2 Å². The number of aromatic nitrogens is 1. The van der Waals surface area contributed by atoms with Gasteiger partial charge in [-0.15, -0.1) is 0 Å². The summed E-state index contributed by atoms with van der Waals surface area (Å²) in [5, 5.41) is 10.7. The molecule has 0 unspecified atom stereocenters. The van der Waals surface area contributed by atoms with Crippen molar-refractivity contribution in [3.05, 3.63) is 52.2 Å². The van der Waals surface area contributed by atoms with Gasteiger partial charge in [0.25, 0.3) is 0 Å². The second-order valence-corrected chi connectivity index (χ2v) is 6.55. The number of nitrogens with two attached hydrogens (primary N) is 1. The predicted octanol–water partition coefficient (Wildman–Crippen LogP) is 4.38. The Balaban J connectivity index is 1.96. The maximum absolute atomic E-state index is 12.7. The molecular formula is C17H9F3N2O3S. The fourth-order valence-electron chi connectivity index (χ4n) is 2.68. The molecule has 3 N–H and O–H groups in total. The van der Waals surface area contributed by atoms with Crippen molar-refractivity contribution in [2.45, 2.75) is 6.18 Å². The summed E-state index contributed by atoms with van der Waals surface area (Å²) >= 11 is 1.08. The number of aromatic hydroxyl groups is 1. The van der Waals surface area contributed by atoms with Crippen molar-refractivity contribution >= 4 is 37.7 Å². The lowest BCUT2D eigenvalue weighted by Crippen LogP contribution is -2.05. The Kier molecular flexibility index (Phi) is 3.45. The van der Waals surface area contributed by atoms with E-state index in [0.717, 1.165) is 35.6 Å². The summed E-state index contributed by atoms with van der Waals surface area (Å²) in [6.45, 7) is 0. The molecule has 9 heteroatoms. The number of hydrogen-bond acceptors (Lipinski definition) is 6. The van der Waals surface area contributed by atoms with Gasteiger partial charge >= 0.3 is 6.18 Å². The van der Waals surface area contributed by atoms with E-state index >= 15 is 0 Å². The fourth-order valence-corrected chi connectivity index (χ4v) is 3.54. The van der Waals surface area contributed by atoms with E-state index in [1.54, 1.807) is 6.07 Å². The average Bonchev–Trinajstić information content (AvgIpc) is 2.97. The Morgan fingerprint density at radius 1 is 1.12 bits per heavy atom. The van der Waals surface area contributed by atoms with Crippen LogP contribution >= 0.6 is 11.3 Å². The number of fused-ring (bicyclic) bond motifs is 3. The quantitative estimate of drug-likeness (QED) is 0.513. The number of thiazole rings is 1. The molecule has 0 spiro atoms. The highest BCUT2D eigenvalue weighted by molar-refractivity contribution is 7.23. The molecule has 0 fully saturated rings. The van der Waals surface area contributed by atoms with E-state index in [2.05, 4.69) is 4.98 Å². The van der Waals surface area contributed by atoms with Crippen LogP contribution in [0, 0.1) is 0 Å². The average molecular weight is 378 g/mol. The second kappa shape index (κ2) is 5.46. The Hall–Kier alpha value is -3.07. The molecule has 0 aliphatic rings. The van der Waals surface area contributed by atoms with E-state index < -0.39 is 22.9 Å². The molecule has 4 aromatic rings. The van der Waals surface area contributed by atoms with Gasteiger partial charge in [-0.2, -0.15) is 13.2 Å². The third-order valence-corrected chi connectivity index (χ3v) is 4.80. The first-order valence-electron chi connectivity index (χ1n) is 7.28. The molecule has 4 rings (SSSR count). The van der Waals surface area contributed by atoms with Crippen LogP contribution in [-0.2, 0) is 6.18 Å². The third-order valence-electron chi connectivity index (χ3n) is 3.88. The molecular weight excluding hydrogens is 369 g/mol. The molecule has 0 amide bonds. The highest BCUT2D eigenvalue weighted by Crippen LogP contribution is 2.36. The van der Waals surface area contributed by atoms with Crippen LogP contribution in [0.1, 0.15) is 5.56 Å². The summed E-state index contributed by atoms with van der Waals surface area (Å²) in [6, 6.07) is 7.09. The minimum atomic E-state index is -4.48. The molecule has 2 heterocycles. The third kappa shape index (κ3) is 2.48. The van der Waals surface area contributed by atoms with Crippen molar-refractivity contribution in [3.8, 4) is 17.1 Å². The molecule has 26 heavy (non-hydrogen) atoms. The number of hydrogen-bond donors (Lipinski definition) is 2. The summed E-state index contributed by atoms with van der Waals surface area (Å²) in [5.41, 5.74) is 4.94. The lowest BCUT2D eigenvalue weighted by molar-refractivity contribution is -0.137. The molecule has 0 saturated carbocycles. The normalized spacial score (nSPS) is 12.1. The van der Waals surface area contributed by atoms with Crippen LogP contribution in [0.4, 0.5) is 18.3 Å². The van der Waals surface area contributed by atoms with Crippen molar-refractivity contribution < 1.29 is 22.7 Å². The van der Waals surface area contributed by atoms with Gasteiger partial charge in [-0.3, -0.25) is 4.79 Å². The monoisotopic (exact) mass is 378 g/mol. The zero-order chi connectivity index (χ0) is 18.6. The van der Waals surface area contributed by atoms with E-state index in [-0.39, 0.29) is 27.4 Å². The van der Waals surface area contributed by atoms with Gasteiger partial charge in [0.2, 0.25) is 11.2 Å². The van der Waals surface area contributed by atoms with Crippen LogP contribution in [0.25, 0.3) is 32.5 Å². The van der Waals surface area contributed by atoms with Gasteiger partial charge in [0.15, 0.2) is 10.9 Å². The molecule has 0 aliphatic carbocycles. The van der Waals surface area contributed by atoms with E-state index in [1.165, 1.54) is 6.07 Å². The van der Waals surface area contributed by atoms with Gasteiger partial charge < -0.3 is 15.3 Å². The van der Waals surface area contributed by atoms with Gasteiger partial charge in [-0.25, -0.2) is 4.98 Å². The number of benzene rings is 2. The zero-order valence-electron chi connectivity index (χ0n) is 12.8. The minimum Gasteiger partial charge on any atom is -0.502 e. The second-order valence-electron chi connectivity index (χ2n) is 5.52.